The molecule has 0 unspecified atom stereocenters. The Morgan fingerprint density at radius 1 is 0.141 bits per heavy atom. The second-order valence-electron chi connectivity index (χ2n) is 26.6. The molecule has 13 aromatic carbocycles. The Labute approximate surface area is 505 Å². The van der Waals surface area contributed by atoms with E-state index in [1.165, 1.54) is 259 Å². The van der Waals surface area contributed by atoms with Crippen molar-refractivity contribution in [1.82, 2.24) is 0 Å². The van der Waals surface area contributed by atoms with Crippen LogP contribution in [0.1, 0.15) is 117 Å². The largest absolute Gasteiger partial charge is 0.0587 e. The molecule has 0 fully saturated rings. The van der Waals surface area contributed by atoms with Gasteiger partial charge in [0.2, 0.25) is 0 Å². The fourth-order valence-corrected chi connectivity index (χ4v) is 16.4. The van der Waals surface area contributed by atoms with Crippen molar-refractivity contribution in [3.05, 3.63) is 220 Å². The maximum Gasteiger partial charge on any atom is -0.000443 e. The highest BCUT2D eigenvalue weighted by molar-refractivity contribution is 6.43. The first kappa shape index (κ1) is 54.6. The molecule has 0 nitrogen and oxygen atoms in total. The van der Waals surface area contributed by atoms with E-state index in [4.69, 9.17) is 0 Å². The van der Waals surface area contributed by atoms with Gasteiger partial charge in [-0.05, 0) is 389 Å². The van der Waals surface area contributed by atoms with Crippen LogP contribution in [-0.2, 0) is 0 Å². The lowest BCUT2D eigenvalue weighted by Gasteiger charge is -2.30. The summed E-state index contributed by atoms with van der Waals surface area (Å²) < 4.78 is 0. The summed E-state index contributed by atoms with van der Waals surface area (Å²) in [5, 5.41) is 16.8. The predicted molar refractivity (Wildman–Crippen MR) is 374 cm³/mol. The van der Waals surface area contributed by atoms with E-state index in [-0.39, 0.29) is 0 Å². The first-order chi connectivity index (χ1) is 40.5. The SMILES string of the molecule is Cc1ccc(-c2cc(-c3c(C)c(C)c4c5c(C)c(C)c6c7c(c(C)c(C)c(c8c(C)c(C)c(C)c3c84)c75)-c3c-6c(-c4ccc(C)cc4)c4c(C)c(C)c(C)c(C)c4c3-c3ccc(C)cc3)c(-c3ccc(C)cc3)c3c(C)c(C)c(C)c(C)c23)cc1. The summed E-state index contributed by atoms with van der Waals surface area (Å²) in [4.78, 5) is 0. The van der Waals surface area contributed by atoms with Gasteiger partial charge in [-0.3, -0.25) is 0 Å². The molecule has 0 heterocycles. The molecule has 0 N–H and O–H groups in total. The summed E-state index contributed by atoms with van der Waals surface area (Å²) in [6.07, 6.45) is 0. The summed E-state index contributed by atoms with van der Waals surface area (Å²) in [6, 6.07) is 40.3. The van der Waals surface area contributed by atoms with Crippen molar-refractivity contribution < 1.29 is 0 Å². The molecule has 14 rings (SSSR count). The summed E-state index contributed by atoms with van der Waals surface area (Å²) in [5.41, 5.74) is 47.2. The average Bonchev–Trinajstić information content (AvgIpc) is 1.65. The van der Waals surface area contributed by atoms with Crippen molar-refractivity contribution in [2.75, 3.05) is 0 Å². The van der Waals surface area contributed by atoms with Crippen LogP contribution in [0, 0.1) is 145 Å². The zero-order valence-corrected chi connectivity index (χ0v) is 54.3. The van der Waals surface area contributed by atoms with Gasteiger partial charge in [-0.15, -0.1) is 0 Å². The van der Waals surface area contributed by atoms with E-state index in [0.717, 1.165) is 0 Å². The zero-order valence-electron chi connectivity index (χ0n) is 54.3. The maximum atomic E-state index is 2.62. The number of aryl methyl sites for hydroxylation is 13. The van der Waals surface area contributed by atoms with Crippen LogP contribution >= 0.6 is 0 Å². The molecule has 0 saturated carbocycles. The first-order valence-electron chi connectivity index (χ1n) is 31.1. The third-order valence-corrected chi connectivity index (χ3v) is 22.4. The van der Waals surface area contributed by atoms with Gasteiger partial charge in [-0.25, -0.2) is 0 Å². The number of rotatable bonds is 5. The molecule has 0 aromatic heterocycles. The Bertz CT molecular complexity index is 5010. The van der Waals surface area contributed by atoms with E-state index in [2.05, 4.69) is 249 Å². The lowest BCUT2D eigenvalue weighted by atomic mass is 9.73. The van der Waals surface area contributed by atoms with Crippen LogP contribution in [0.25, 0.3) is 143 Å². The standard InChI is InChI=1S/C85H80/c1-39-22-30-60(31-23-39)64-38-65(78(61-32-24-40(2)25-33-61)68-49(11)44(6)43(5)48(10)66(64)68)67-54(16)55(17)73-75-57(19)59(21)77-83-76(58(20)56(18)74(82(75)83)72-53(15)47(9)52(14)69(67)81(72)73)84-79(62-34-26-41(3)27-35-62)70-50(12)45(7)46(8)51(13)71(70)80(85(77)84)63-36-28-42(4)29-37-63/h22-38H,1-21H3. The van der Waals surface area contributed by atoms with Crippen LogP contribution in [0.2, 0.25) is 0 Å². The minimum Gasteiger partial charge on any atom is -0.0587 e. The highest BCUT2D eigenvalue weighted by Gasteiger charge is 2.39. The van der Waals surface area contributed by atoms with E-state index < -0.39 is 0 Å². The molecule has 0 bridgehead atoms. The molecule has 0 atom stereocenters. The number of benzene rings is 13. The van der Waals surface area contributed by atoms with E-state index in [0.29, 0.717) is 0 Å². The highest BCUT2D eigenvalue weighted by Crippen LogP contribution is 2.65. The van der Waals surface area contributed by atoms with Gasteiger partial charge in [0.05, 0.1) is 0 Å². The number of fused-ring (bicyclic) bond motifs is 7. The summed E-state index contributed by atoms with van der Waals surface area (Å²) in [5.74, 6) is 0. The van der Waals surface area contributed by atoms with Crippen molar-refractivity contribution in [2.24, 2.45) is 0 Å². The minimum absolute atomic E-state index is 1.26. The lowest BCUT2D eigenvalue weighted by Crippen LogP contribution is -2.05. The molecule has 0 radical (unpaired) electrons. The molecule has 0 amide bonds. The molecule has 420 valence electrons. The first-order valence-corrected chi connectivity index (χ1v) is 31.1. The fraction of sp³-hybridized carbons (Fsp3) is 0.247. The van der Waals surface area contributed by atoms with Crippen molar-refractivity contribution in [1.29, 1.82) is 0 Å². The smallest absolute Gasteiger partial charge is 0.000443 e. The average molecular weight is 1100 g/mol. The summed E-state index contributed by atoms with van der Waals surface area (Å²) in [7, 11) is 0. The second kappa shape index (κ2) is 18.8. The van der Waals surface area contributed by atoms with Crippen molar-refractivity contribution >= 4 is 64.6 Å². The third-order valence-electron chi connectivity index (χ3n) is 22.4. The predicted octanol–water partition coefficient (Wildman–Crippen LogP) is 24.5. The van der Waals surface area contributed by atoms with Crippen molar-refractivity contribution in [2.45, 2.75) is 145 Å². The molecule has 0 aliphatic heterocycles. The van der Waals surface area contributed by atoms with Crippen LogP contribution in [0.3, 0.4) is 0 Å². The van der Waals surface area contributed by atoms with Crippen molar-refractivity contribution in [3.8, 4) is 77.9 Å². The number of hydrogen-bond acceptors (Lipinski definition) is 0. The Morgan fingerprint density at radius 3 is 0.753 bits per heavy atom. The third kappa shape index (κ3) is 7.15. The Hall–Kier alpha value is -8.32. The van der Waals surface area contributed by atoms with Crippen LogP contribution in [0.4, 0.5) is 0 Å². The highest BCUT2D eigenvalue weighted by atomic mass is 14.4. The Balaban J connectivity index is 1.24. The fourth-order valence-electron chi connectivity index (χ4n) is 16.4. The number of hydrogen-bond donors (Lipinski definition) is 0. The summed E-state index contributed by atoms with van der Waals surface area (Å²) in [6.45, 7) is 50.0. The van der Waals surface area contributed by atoms with Crippen molar-refractivity contribution in [3.63, 3.8) is 0 Å². The van der Waals surface area contributed by atoms with Gasteiger partial charge in [0, 0.05) is 0 Å². The van der Waals surface area contributed by atoms with Crippen LogP contribution < -0.4 is 0 Å². The lowest BCUT2D eigenvalue weighted by molar-refractivity contribution is 1.25. The van der Waals surface area contributed by atoms with Gasteiger partial charge in [-0.1, -0.05) is 119 Å². The maximum absolute atomic E-state index is 2.62. The van der Waals surface area contributed by atoms with E-state index >= 15 is 0 Å². The van der Waals surface area contributed by atoms with Gasteiger partial charge >= 0.3 is 0 Å². The quantitative estimate of drug-likeness (QED) is 0.119. The molecule has 1 aliphatic carbocycles. The van der Waals surface area contributed by atoms with E-state index in [9.17, 15) is 0 Å². The minimum atomic E-state index is 1.26. The molecule has 85 heavy (non-hydrogen) atoms. The van der Waals surface area contributed by atoms with Gasteiger partial charge in [-0.2, -0.15) is 0 Å². The molecule has 0 saturated heterocycles. The molecule has 0 heteroatoms. The Morgan fingerprint density at radius 2 is 0.388 bits per heavy atom. The summed E-state index contributed by atoms with van der Waals surface area (Å²) >= 11 is 0. The molecule has 13 aromatic rings. The van der Waals surface area contributed by atoms with E-state index in [1.807, 2.05) is 0 Å². The van der Waals surface area contributed by atoms with Gasteiger partial charge in [0.15, 0.2) is 0 Å². The van der Waals surface area contributed by atoms with E-state index in [1.54, 1.807) is 0 Å². The zero-order chi connectivity index (χ0) is 60.2. The monoisotopic (exact) mass is 1100 g/mol. The topological polar surface area (TPSA) is 0 Å². The second-order valence-corrected chi connectivity index (χ2v) is 26.6. The van der Waals surface area contributed by atoms with Crippen LogP contribution in [0.15, 0.2) is 103 Å². The molecular formula is C85H80. The van der Waals surface area contributed by atoms with Gasteiger partial charge in [0.1, 0.15) is 0 Å². The molecule has 0 spiro atoms. The Kier molecular flexibility index (Phi) is 12.1. The van der Waals surface area contributed by atoms with Crippen LogP contribution in [0.5, 0.6) is 0 Å². The molecule has 1 aliphatic rings. The normalized spacial score (nSPS) is 12.3. The molecular weight excluding hydrogens is 1020 g/mol. The van der Waals surface area contributed by atoms with Gasteiger partial charge < -0.3 is 0 Å². The van der Waals surface area contributed by atoms with Crippen LogP contribution in [-0.4, -0.2) is 0 Å². The van der Waals surface area contributed by atoms with Gasteiger partial charge in [0.25, 0.3) is 0 Å².